The maximum atomic E-state index is 13.4. The van der Waals surface area contributed by atoms with E-state index in [-0.39, 0.29) is 12.5 Å². The van der Waals surface area contributed by atoms with Crippen molar-refractivity contribution < 1.29 is 19.3 Å². The van der Waals surface area contributed by atoms with Gasteiger partial charge in [0.15, 0.2) is 8.38 Å². The Balaban J connectivity index is 1.59. The molecule has 34 heavy (non-hydrogen) atoms. The van der Waals surface area contributed by atoms with Crippen LogP contribution in [0.15, 0.2) is 41.6 Å². The largest absolute Gasteiger partial charge is 0.481 e. The minimum absolute atomic E-state index is 0.240. The Kier molecular flexibility index (Phi) is 7.66. The molecule has 1 saturated heterocycles. The van der Waals surface area contributed by atoms with Crippen LogP contribution in [-0.2, 0) is 11.3 Å². The molecule has 0 radical (unpaired) electrons. The zero-order chi connectivity index (χ0) is 24.1. The molecule has 1 aliphatic heterocycles. The van der Waals surface area contributed by atoms with Crippen LogP contribution in [-0.4, -0.2) is 61.8 Å². The van der Waals surface area contributed by atoms with Gasteiger partial charge in [0, 0.05) is 48.8 Å². The lowest BCUT2D eigenvalue weighted by atomic mass is 9.94. The van der Waals surface area contributed by atoms with Gasteiger partial charge in [-0.2, -0.15) is 10.1 Å². The standard InChI is InChI=1S/C22H27N6O5P/c1-33-19-12-16-13-24-28(14-18(29)25-17-2-7-23-8-3-17)22(30)20(16)21(26-19)27-9-4-15(5-10-27)6-11-34(31)32/h2-3,7-8,12-13,15,31-32H,4-6,9-11,14H2,1H3,(H,23,25,29). The Labute approximate surface area is 197 Å². The normalized spacial score (nSPS) is 14.5. The summed E-state index contributed by atoms with van der Waals surface area (Å²) in [5, 5.41) is 7.89. The van der Waals surface area contributed by atoms with Crippen LogP contribution in [0.2, 0.25) is 0 Å². The second-order valence-corrected chi connectivity index (χ2v) is 9.35. The van der Waals surface area contributed by atoms with Crippen molar-refractivity contribution in [2.45, 2.75) is 25.8 Å². The first kappa shape index (κ1) is 24.0. The molecule has 1 amide bonds. The fourth-order valence-electron chi connectivity index (χ4n) is 4.11. The summed E-state index contributed by atoms with van der Waals surface area (Å²) in [6.45, 7) is 1.12. The molecule has 3 aromatic heterocycles. The number of pyridine rings is 2. The van der Waals surface area contributed by atoms with Crippen LogP contribution in [0.4, 0.5) is 11.5 Å². The summed E-state index contributed by atoms with van der Waals surface area (Å²) in [6.07, 6.45) is 7.57. The molecule has 1 aliphatic rings. The van der Waals surface area contributed by atoms with Gasteiger partial charge in [-0.1, -0.05) is 0 Å². The Hall–Kier alpha value is -3.14. The van der Waals surface area contributed by atoms with Gasteiger partial charge < -0.3 is 24.7 Å². The van der Waals surface area contributed by atoms with E-state index in [1.165, 1.54) is 7.11 Å². The summed E-state index contributed by atoms with van der Waals surface area (Å²) in [5.41, 5.74) is 0.180. The van der Waals surface area contributed by atoms with Crippen molar-refractivity contribution >= 4 is 36.6 Å². The number of hydrogen-bond donors (Lipinski definition) is 3. The van der Waals surface area contributed by atoms with E-state index in [2.05, 4.69) is 20.4 Å². The Morgan fingerprint density at radius 1 is 1.26 bits per heavy atom. The number of aromatic nitrogens is 4. The third kappa shape index (κ3) is 5.67. The predicted molar refractivity (Wildman–Crippen MR) is 129 cm³/mol. The number of ether oxygens (including phenoxy) is 1. The van der Waals surface area contributed by atoms with Gasteiger partial charge in [-0.15, -0.1) is 0 Å². The van der Waals surface area contributed by atoms with Crippen molar-refractivity contribution in [3.05, 3.63) is 47.1 Å². The van der Waals surface area contributed by atoms with Crippen molar-refractivity contribution in [3.63, 3.8) is 0 Å². The zero-order valence-electron chi connectivity index (χ0n) is 18.8. The first-order chi connectivity index (χ1) is 16.4. The number of piperidine rings is 1. The Morgan fingerprint density at radius 2 is 2.00 bits per heavy atom. The third-order valence-electron chi connectivity index (χ3n) is 5.91. The van der Waals surface area contributed by atoms with Gasteiger partial charge in [-0.3, -0.25) is 14.6 Å². The fraction of sp³-hybridized carbons (Fsp3) is 0.409. The molecule has 0 aromatic carbocycles. The van der Waals surface area contributed by atoms with Crippen molar-refractivity contribution in [3.8, 4) is 5.88 Å². The van der Waals surface area contributed by atoms with Gasteiger partial charge in [0.05, 0.1) is 18.7 Å². The fourth-order valence-corrected chi connectivity index (χ4v) is 4.71. The number of amides is 1. The molecule has 4 rings (SSSR count). The van der Waals surface area contributed by atoms with Gasteiger partial charge >= 0.3 is 0 Å². The predicted octanol–water partition coefficient (Wildman–Crippen LogP) is 1.74. The van der Waals surface area contributed by atoms with E-state index < -0.39 is 13.9 Å². The smallest absolute Gasteiger partial charge is 0.278 e. The van der Waals surface area contributed by atoms with E-state index in [4.69, 9.17) is 4.74 Å². The summed E-state index contributed by atoms with van der Waals surface area (Å²) < 4.78 is 6.48. The summed E-state index contributed by atoms with van der Waals surface area (Å²) in [5.74, 6) is 0.907. The number of nitrogens with one attached hydrogen (secondary N) is 1. The second kappa shape index (κ2) is 10.9. The van der Waals surface area contributed by atoms with Crippen LogP contribution in [0.1, 0.15) is 19.3 Å². The first-order valence-corrected chi connectivity index (χ1v) is 12.4. The minimum atomic E-state index is -1.87. The lowest BCUT2D eigenvalue weighted by Gasteiger charge is -2.33. The Bertz CT molecular complexity index is 1200. The van der Waals surface area contributed by atoms with Crippen LogP contribution < -0.4 is 20.5 Å². The average Bonchev–Trinajstić information content (AvgIpc) is 2.84. The van der Waals surface area contributed by atoms with E-state index in [0.29, 0.717) is 53.3 Å². The molecule has 1 fully saturated rings. The summed E-state index contributed by atoms with van der Waals surface area (Å²) in [4.78, 5) is 54.8. The van der Waals surface area contributed by atoms with Crippen molar-refractivity contribution in [2.75, 3.05) is 36.6 Å². The van der Waals surface area contributed by atoms with E-state index in [1.807, 2.05) is 4.90 Å². The molecule has 0 saturated carbocycles. The topological polar surface area (TPSA) is 143 Å². The molecule has 0 unspecified atom stereocenters. The number of carbonyl (C=O) groups excluding carboxylic acids is 1. The molecule has 12 heteroatoms. The molecule has 0 atom stereocenters. The second-order valence-electron chi connectivity index (χ2n) is 8.16. The molecular weight excluding hydrogens is 459 g/mol. The van der Waals surface area contributed by atoms with Gasteiger partial charge in [-0.25, -0.2) is 4.68 Å². The molecule has 11 nitrogen and oxygen atoms in total. The molecule has 4 heterocycles. The minimum Gasteiger partial charge on any atom is -0.481 e. The van der Waals surface area contributed by atoms with Crippen molar-refractivity contribution in [1.82, 2.24) is 19.7 Å². The molecule has 3 aromatic rings. The quantitative estimate of drug-likeness (QED) is 0.406. The van der Waals surface area contributed by atoms with Gasteiger partial charge in [-0.05, 0) is 37.3 Å². The third-order valence-corrected chi connectivity index (χ3v) is 6.57. The van der Waals surface area contributed by atoms with Crippen LogP contribution in [0, 0.1) is 5.92 Å². The molecule has 0 spiro atoms. The highest BCUT2D eigenvalue weighted by molar-refractivity contribution is 7.45. The number of rotatable bonds is 8. The molecule has 180 valence electrons. The monoisotopic (exact) mass is 486 g/mol. The lowest BCUT2D eigenvalue weighted by Crippen LogP contribution is -2.36. The van der Waals surface area contributed by atoms with Crippen LogP contribution in [0.25, 0.3) is 10.8 Å². The maximum absolute atomic E-state index is 13.4. The van der Waals surface area contributed by atoms with Crippen molar-refractivity contribution in [2.24, 2.45) is 5.92 Å². The van der Waals surface area contributed by atoms with E-state index in [9.17, 15) is 19.4 Å². The number of fused-ring (bicyclic) bond motifs is 1. The van der Waals surface area contributed by atoms with Crippen LogP contribution in [0.5, 0.6) is 5.88 Å². The number of methoxy groups -OCH3 is 1. The van der Waals surface area contributed by atoms with Crippen LogP contribution >= 0.6 is 8.38 Å². The van der Waals surface area contributed by atoms with Gasteiger partial charge in [0.2, 0.25) is 11.8 Å². The maximum Gasteiger partial charge on any atom is 0.278 e. The van der Waals surface area contributed by atoms with Crippen molar-refractivity contribution in [1.29, 1.82) is 0 Å². The Morgan fingerprint density at radius 3 is 2.68 bits per heavy atom. The van der Waals surface area contributed by atoms with Gasteiger partial charge in [0.1, 0.15) is 12.4 Å². The highest BCUT2D eigenvalue weighted by atomic mass is 31.2. The lowest BCUT2D eigenvalue weighted by molar-refractivity contribution is -0.117. The highest BCUT2D eigenvalue weighted by Gasteiger charge is 2.24. The summed E-state index contributed by atoms with van der Waals surface area (Å²) >= 11 is 0. The average molecular weight is 486 g/mol. The molecule has 0 bridgehead atoms. The zero-order valence-corrected chi connectivity index (χ0v) is 19.7. The summed E-state index contributed by atoms with van der Waals surface area (Å²) in [7, 11) is -0.353. The number of anilines is 2. The van der Waals surface area contributed by atoms with Crippen LogP contribution in [0.3, 0.4) is 0 Å². The van der Waals surface area contributed by atoms with E-state index in [0.717, 1.165) is 23.9 Å². The highest BCUT2D eigenvalue weighted by Crippen LogP contribution is 2.33. The number of nitrogens with zero attached hydrogens (tertiary/aromatic N) is 5. The van der Waals surface area contributed by atoms with E-state index in [1.54, 1.807) is 36.8 Å². The molecular formula is C22H27N6O5P. The first-order valence-electron chi connectivity index (χ1n) is 11.0. The number of hydrogen-bond acceptors (Lipinski definition) is 9. The number of carbonyl (C=O) groups is 1. The SMILES string of the molecule is COc1cc2cnn(CC(=O)Nc3ccncc3)c(=O)c2c(N2CCC(CCP(O)O)CC2)n1. The molecule has 3 N–H and O–H groups in total. The molecule has 0 aliphatic carbocycles. The van der Waals surface area contributed by atoms with Gasteiger partial charge in [0.25, 0.3) is 5.56 Å². The summed E-state index contributed by atoms with van der Waals surface area (Å²) in [6, 6.07) is 4.98. The van der Waals surface area contributed by atoms with E-state index >= 15 is 0 Å².